The number of hydrogen-bond acceptors (Lipinski definition) is 2. The van der Waals surface area contributed by atoms with Gasteiger partial charge in [-0.05, 0) is 18.6 Å². The van der Waals surface area contributed by atoms with Gasteiger partial charge >= 0.3 is 0 Å². The summed E-state index contributed by atoms with van der Waals surface area (Å²) in [5, 5.41) is 0. The Kier molecular flexibility index (Phi) is 2.74. The van der Waals surface area contributed by atoms with Gasteiger partial charge in [0.1, 0.15) is 5.75 Å². The van der Waals surface area contributed by atoms with Crippen molar-refractivity contribution < 1.29 is 4.74 Å². The largest absolute Gasteiger partial charge is 0.496 e. The van der Waals surface area contributed by atoms with Gasteiger partial charge in [-0.3, -0.25) is 0 Å². The van der Waals surface area contributed by atoms with E-state index in [0.29, 0.717) is 5.69 Å². The molecule has 13 heavy (non-hydrogen) atoms. The number of methoxy groups -OCH3 is 1. The molecule has 1 rings (SSSR count). The van der Waals surface area contributed by atoms with Gasteiger partial charge in [-0.1, -0.05) is 6.07 Å². The average molecular weight is 179 g/mol. The second-order valence-corrected chi connectivity index (χ2v) is 2.69. The predicted octanol–water partition coefficient (Wildman–Crippen LogP) is 0.909. The summed E-state index contributed by atoms with van der Waals surface area (Å²) in [6.07, 6.45) is 0. The Morgan fingerprint density at radius 3 is 2.62 bits per heavy atom. The highest BCUT2D eigenvalue weighted by molar-refractivity contribution is 5.79. The van der Waals surface area contributed by atoms with E-state index in [0.717, 1.165) is 11.3 Å². The molecule has 0 amide bonds. The highest BCUT2D eigenvalue weighted by Gasteiger charge is 1.98. The van der Waals surface area contributed by atoms with Crippen molar-refractivity contribution in [2.24, 2.45) is 16.5 Å². The summed E-state index contributed by atoms with van der Waals surface area (Å²) in [6.45, 7) is 1.96. The van der Waals surface area contributed by atoms with E-state index in [1.165, 1.54) is 0 Å². The number of aryl methyl sites for hydroxylation is 1. The molecule has 0 spiro atoms. The SMILES string of the molecule is COc1cc(N=C(N)N)ccc1C. The van der Waals surface area contributed by atoms with E-state index < -0.39 is 0 Å². The fraction of sp³-hybridized carbons (Fsp3) is 0.222. The summed E-state index contributed by atoms with van der Waals surface area (Å²) in [7, 11) is 1.61. The summed E-state index contributed by atoms with van der Waals surface area (Å²) in [5.74, 6) is 0.827. The monoisotopic (exact) mass is 179 g/mol. The van der Waals surface area contributed by atoms with Gasteiger partial charge in [-0.2, -0.15) is 0 Å². The standard InChI is InChI=1S/C9H13N3O/c1-6-3-4-7(12-9(10)11)5-8(6)13-2/h3-5H,1-2H3,(H4,10,11,12). The van der Waals surface area contributed by atoms with Gasteiger partial charge in [-0.25, -0.2) is 4.99 Å². The Bertz CT molecular complexity index is 330. The fourth-order valence-corrected chi connectivity index (χ4v) is 1.03. The first kappa shape index (κ1) is 9.38. The van der Waals surface area contributed by atoms with E-state index >= 15 is 0 Å². The van der Waals surface area contributed by atoms with E-state index in [1.54, 1.807) is 13.2 Å². The Morgan fingerprint density at radius 1 is 1.38 bits per heavy atom. The summed E-state index contributed by atoms with van der Waals surface area (Å²) in [5.41, 5.74) is 12.2. The lowest BCUT2D eigenvalue weighted by Gasteiger charge is -2.04. The molecule has 1 aromatic carbocycles. The first-order chi connectivity index (χ1) is 6.13. The second-order valence-electron chi connectivity index (χ2n) is 2.69. The molecule has 0 aliphatic heterocycles. The molecule has 0 saturated heterocycles. The van der Waals surface area contributed by atoms with Gasteiger partial charge in [0.2, 0.25) is 0 Å². The minimum atomic E-state index is 0.0471. The lowest BCUT2D eigenvalue weighted by atomic mass is 10.2. The fourth-order valence-electron chi connectivity index (χ4n) is 1.03. The van der Waals surface area contributed by atoms with Crippen molar-refractivity contribution in [2.75, 3.05) is 7.11 Å². The molecule has 4 nitrogen and oxygen atoms in total. The predicted molar refractivity (Wildman–Crippen MR) is 53.2 cm³/mol. The van der Waals surface area contributed by atoms with Crippen molar-refractivity contribution in [3.05, 3.63) is 23.8 Å². The number of ether oxygens (including phenoxy) is 1. The third kappa shape index (κ3) is 2.37. The molecule has 0 radical (unpaired) electrons. The van der Waals surface area contributed by atoms with Crippen LogP contribution in [0.4, 0.5) is 5.69 Å². The van der Waals surface area contributed by atoms with Gasteiger partial charge in [0.05, 0.1) is 12.8 Å². The topological polar surface area (TPSA) is 73.6 Å². The van der Waals surface area contributed by atoms with Gasteiger partial charge in [-0.15, -0.1) is 0 Å². The number of nitrogens with zero attached hydrogens (tertiary/aromatic N) is 1. The minimum Gasteiger partial charge on any atom is -0.496 e. The maximum Gasteiger partial charge on any atom is 0.191 e. The van der Waals surface area contributed by atoms with Gasteiger partial charge in [0.15, 0.2) is 5.96 Å². The van der Waals surface area contributed by atoms with Crippen LogP contribution in [0.5, 0.6) is 5.75 Å². The Morgan fingerprint density at radius 2 is 2.08 bits per heavy atom. The number of aliphatic imine (C=N–C) groups is 1. The van der Waals surface area contributed by atoms with E-state index in [9.17, 15) is 0 Å². The van der Waals surface area contributed by atoms with E-state index in [4.69, 9.17) is 16.2 Å². The zero-order chi connectivity index (χ0) is 9.84. The maximum atomic E-state index is 5.24. The third-order valence-electron chi connectivity index (χ3n) is 1.65. The van der Waals surface area contributed by atoms with Crippen molar-refractivity contribution in [3.63, 3.8) is 0 Å². The van der Waals surface area contributed by atoms with Crippen LogP contribution < -0.4 is 16.2 Å². The normalized spacial score (nSPS) is 9.38. The van der Waals surface area contributed by atoms with E-state index in [1.807, 2.05) is 19.1 Å². The summed E-state index contributed by atoms with van der Waals surface area (Å²) < 4.78 is 5.12. The zero-order valence-corrected chi connectivity index (χ0v) is 7.74. The Hall–Kier alpha value is -1.71. The molecule has 0 saturated carbocycles. The number of nitrogens with two attached hydrogens (primary N) is 2. The molecular formula is C9H13N3O. The Labute approximate surface area is 77.2 Å². The lowest BCUT2D eigenvalue weighted by molar-refractivity contribution is 0.412. The highest BCUT2D eigenvalue weighted by Crippen LogP contribution is 2.23. The lowest BCUT2D eigenvalue weighted by Crippen LogP contribution is -2.21. The maximum absolute atomic E-state index is 5.24. The first-order valence-corrected chi connectivity index (χ1v) is 3.87. The molecule has 0 fully saturated rings. The number of hydrogen-bond donors (Lipinski definition) is 2. The molecule has 70 valence electrons. The summed E-state index contributed by atoms with van der Waals surface area (Å²) in [4.78, 5) is 3.90. The van der Waals surface area contributed by atoms with E-state index in [2.05, 4.69) is 4.99 Å². The molecule has 0 bridgehead atoms. The van der Waals surface area contributed by atoms with Crippen molar-refractivity contribution in [1.82, 2.24) is 0 Å². The quantitative estimate of drug-likeness (QED) is 0.523. The third-order valence-corrected chi connectivity index (χ3v) is 1.65. The summed E-state index contributed by atoms with van der Waals surface area (Å²) in [6, 6.07) is 5.52. The van der Waals surface area contributed by atoms with Crippen LogP contribution in [0.2, 0.25) is 0 Å². The van der Waals surface area contributed by atoms with Crippen LogP contribution in [0.25, 0.3) is 0 Å². The number of benzene rings is 1. The average Bonchev–Trinajstić information content (AvgIpc) is 2.07. The molecule has 1 aromatic rings. The molecule has 0 aliphatic carbocycles. The van der Waals surface area contributed by atoms with Crippen LogP contribution in [0.3, 0.4) is 0 Å². The molecular weight excluding hydrogens is 166 g/mol. The van der Waals surface area contributed by atoms with Crippen molar-refractivity contribution >= 4 is 11.6 Å². The van der Waals surface area contributed by atoms with Gasteiger partial charge < -0.3 is 16.2 Å². The van der Waals surface area contributed by atoms with Crippen molar-refractivity contribution in [3.8, 4) is 5.75 Å². The van der Waals surface area contributed by atoms with Crippen LogP contribution in [0, 0.1) is 6.92 Å². The number of guanidine groups is 1. The van der Waals surface area contributed by atoms with Crippen LogP contribution in [-0.4, -0.2) is 13.1 Å². The molecule has 0 aliphatic rings. The number of rotatable bonds is 2. The van der Waals surface area contributed by atoms with Crippen molar-refractivity contribution in [2.45, 2.75) is 6.92 Å². The van der Waals surface area contributed by atoms with Crippen LogP contribution in [-0.2, 0) is 0 Å². The van der Waals surface area contributed by atoms with Gasteiger partial charge in [0, 0.05) is 6.07 Å². The smallest absolute Gasteiger partial charge is 0.191 e. The second kappa shape index (κ2) is 3.80. The molecule has 0 atom stereocenters. The van der Waals surface area contributed by atoms with Crippen LogP contribution in [0.1, 0.15) is 5.56 Å². The molecule has 4 heteroatoms. The van der Waals surface area contributed by atoms with Crippen molar-refractivity contribution in [1.29, 1.82) is 0 Å². The van der Waals surface area contributed by atoms with Crippen LogP contribution in [0.15, 0.2) is 23.2 Å². The molecule has 4 N–H and O–H groups in total. The Balaban J connectivity index is 3.06. The van der Waals surface area contributed by atoms with Crippen LogP contribution >= 0.6 is 0 Å². The minimum absolute atomic E-state index is 0.0471. The zero-order valence-electron chi connectivity index (χ0n) is 7.74. The molecule has 0 unspecified atom stereocenters. The first-order valence-electron chi connectivity index (χ1n) is 3.87. The highest BCUT2D eigenvalue weighted by atomic mass is 16.5. The molecule has 0 aromatic heterocycles. The van der Waals surface area contributed by atoms with E-state index in [-0.39, 0.29) is 5.96 Å². The summed E-state index contributed by atoms with van der Waals surface area (Å²) >= 11 is 0. The van der Waals surface area contributed by atoms with Gasteiger partial charge in [0.25, 0.3) is 0 Å². The molecule has 0 heterocycles.